The van der Waals surface area contributed by atoms with Crippen molar-refractivity contribution >= 4 is 28.4 Å². The van der Waals surface area contributed by atoms with Gasteiger partial charge in [0.25, 0.3) is 0 Å². The molecule has 0 aromatic rings. The van der Waals surface area contributed by atoms with Crippen LogP contribution in [0.4, 0.5) is 0 Å². The molecule has 1 unspecified atom stereocenters. The number of aliphatic hydroxyl groups is 3. The summed E-state index contributed by atoms with van der Waals surface area (Å²) in [4.78, 5) is 14.5. The molecule has 1 saturated heterocycles. The predicted molar refractivity (Wildman–Crippen MR) is 82.3 cm³/mol. The first-order valence-corrected chi connectivity index (χ1v) is 7.91. The molecule has 10 heteroatoms. The van der Waals surface area contributed by atoms with Gasteiger partial charge in [-0.15, -0.1) is 0 Å². The molecule has 0 aromatic carbocycles. The van der Waals surface area contributed by atoms with Crippen LogP contribution < -0.4 is 5.73 Å². The summed E-state index contributed by atoms with van der Waals surface area (Å²) < 4.78 is 5.55. The second kappa shape index (κ2) is 5.20. The zero-order valence-electron chi connectivity index (χ0n) is 12.2. The minimum Gasteiger partial charge on any atom is -0.394 e. The van der Waals surface area contributed by atoms with Gasteiger partial charge in [-0.2, -0.15) is 4.99 Å². The van der Waals surface area contributed by atoms with E-state index in [1.807, 2.05) is 0 Å². The van der Waals surface area contributed by atoms with Gasteiger partial charge >= 0.3 is 0 Å². The van der Waals surface area contributed by atoms with Gasteiger partial charge < -0.3 is 30.7 Å². The molecule has 1 saturated carbocycles. The van der Waals surface area contributed by atoms with Crippen molar-refractivity contribution < 1.29 is 20.1 Å². The van der Waals surface area contributed by atoms with E-state index in [0.29, 0.717) is 11.5 Å². The molecule has 5 N–H and O–H groups in total. The summed E-state index contributed by atoms with van der Waals surface area (Å²) in [5.74, 6) is 0.583. The average molecular weight is 344 g/mol. The van der Waals surface area contributed by atoms with Crippen LogP contribution in [0.5, 0.6) is 0 Å². The lowest BCUT2D eigenvalue weighted by molar-refractivity contribution is -0.0688. The Morgan fingerprint density at radius 3 is 2.70 bits per heavy atom. The highest BCUT2D eigenvalue weighted by molar-refractivity contribution is 6.68. The van der Waals surface area contributed by atoms with Crippen LogP contribution in [-0.2, 0) is 4.74 Å². The van der Waals surface area contributed by atoms with Crippen LogP contribution in [0, 0.1) is 5.92 Å². The maximum atomic E-state index is 10.2. The van der Waals surface area contributed by atoms with E-state index >= 15 is 0 Å². The van der Waals surface area contributed by atoms with Gasteiger partial charge in [0.15, 0.2) is 17.7 Å². The van der Waals surface area contributed by atoms with Gasteiger partial charge in [-0.3, -0.25) is 4.99 Å². The van der Waals surface area contributed by atoms with Gasteiger partial charge in [-0.05, 0) is 24.4 Å². The highest BCUT2D eigenvalue weighted by Crippen LogP contribution is 2.43. The molecule has 4 aliphatic rings. The molecule has 4 rings (SSSR count). The van der Waals surface area contributed by atoms with E-state index in [-0.39, 0.29) is 17.9 Å². The van der Waals surface area contributed by atoms with E-state index < -0.39 is 36.8 Å². The van der Waals surface area contributed by atoms with Gasteiger partial charge in [0, 0.05) is 5.92 Å². The van der Waals surface area contributed by atoms with Crippen LogP contribution in [0.3, 0.4) is 0 Å². The van der Waals surface area contributed by atoms with Crippen molar-refractivity contribution in [2.24, 2.45) is 26.6 Å². The maximum Gasteiger partial charge on any atom is 0.222 e. The van der Waals surface area contributed by atoms with Gasteiger partial charge in [0.05, 0.1) is 6.61 Å². The second-order valence-corrected chi connectivity index (χ2v) is 6.60. The summed E-state index contributed by atoms with van der Waals surface area (Å²) in [6.45, 7) is -0.222. The summed E-state index contributed by atoms with van der Waals surface area (Å²) in [7, 11) is 0. The summed E-state index contributed by atoms with van der Waals surface area (Å²) in [5.41, 5.74) is 5.94. The first-order valence-electron chi connectivity index (χ1n) is 7.53. The molecule has 0 spiro atoms. The normalized spacial score (nSPS) is 43.2. The first kappa shape index (κ1) is 15.4. The second-order valence-electron chi connectivity index (χ2n) is 6.26. The highest BCUT2D eigenvalue weighted by Gasteiger charge is 2.55. The van der Waals surface area contributed by atoms with E-state index in [0.717, 1.165) is 12.8 Å². The monoisotopic (exact) mass is 343 g/mol. The Balaban J connectivity index is 1.64. The lowest BCUT2D eigenvalue weighted by atomic mass is 9.97. The van der Waals surface area contributed by atoms with E-state index in [9.17, 15) is 15.3 Å². The Hall–Kier alpha value is -1.10. The number of aliphatic hydroxyl groups excluding tert-OH is 3. The Morgan fingerprint density at radius 2 is 2.09 bits per heavy atom. The predicted octanol–water partition coefficient (Wildman–Crippen LogP) is -1.79. The number of amidine groups is 2. The fraction of sp³-hybridized carbons (Fsp3) is 0.769. The Bertz CT molecular complexity index is 621. The fourth-order valence-electron chi connectivity index (χ4n) is 3.31. The summed E-state index contributed by atoms with van der Waals surface area (Å²) in [5, 5.41) is 29.4. The van der Waals surface area contributed by atoms with Gasteiger partial charge in [-0.25, -0.2) is 4.99 Å². The molecule has 1 aliphatic carbocycles. The first-order chi connectivity index (χ1) is 11.0. The van der Waals surface area contributed by atoms with Gasteiger partial charge in [0.1, 0.15) is 30.7 Å². The third-order valence-electron chi connectivity index (χ3n) is 4.74. The Morgan fingerprint density at radius 1 is 1.35 bits per heavy atom. The number of rotatable bonds is 3. The standard InChI is InChI=1S/C13H18ClN5O4/c14-12-17-10-9(13(15,18-12)5-1-2-5)16-4-19(10)11-8(22)7(21)6(3-20)23-11/h5-8,11,20-22H,1-4,15H2/t6-,7-,8-,11-,13?/m1/s1. The molecule has 0 bridgehead atoms. The smallest absolute Gasteiger partial charge is 0.222 e. The van der Waals surface area contributed by atoms with E-state index in [1.54, 1.807) is 4.90 Å². The quantitative estimate of drug-likeness (QED) is 0.447. The molecule has 0 aromatic heterocycles. The van der Waals surface area contributed by atoms with Crippen LogP contribution in [-0.4, -0.2) is 80.5 Å². The SMILES string of the molecule is NC1(C2CC2)N=C(Cl)N=C2C1=NCN2[C@@H]1O[C@H](CO)[C@@H](O)[C@H]1O. The zero-order chi connectivity index (χ0) is 16.4. The van der Waals surface area contributed by atoms with Crippen molar-refractivity contribution in [2.75, 3.05) is 13.3 Å². The maximum absolute atomic E-state index is 10.2. The molecule has 5 atom stereocenters. The average Bonchev–Trinajstić information content (AvgIpc) is 3.24. The molecule has 2 fully saturated rings. The van der Waals surface area contributed by atoms with Crippen molar-refractivity contribution in [2.45, 2.75) is 43.0 Å². The van der Waals surface area contributed by atoms with Crippen molar-refractivity contribution in [1.29, 1.82) is 0 Å². The molecule has 9 nitrogen and oxygen atoms in total. The molecule has 23 heavy (non-hydrogen) atoms. The molecular weight excluding hydrogens is 326 g/mol. The number of hydrogen-bond donors (Lipinski definition) is 4. The molecule has 126 valence electrons. The van der Waals surface area contributed by atoms with Gasteiger partial charge in [-0.1, -0.05) is 0 Å². The van der Waals surface area contributed by atoms with Crippen molar-refractivity contribution in [3.8, 4) is 0 Å². The van der Waals surface area contributed by atoms with Crippen molar-refractivity contribution in [1.82, 2.24) is 4.90 Å². The number of halogens is 1. The summed E-state index contributed by atoms with van der Waals surface area (Å²) in [6.07, 6.45) is -2.23. The molecule has 3 heterocycles. The molecule has 0 amide bonds. The van der Waals surface area contributed by atoms with Crippen LogP contribution in [0.2, 0.25) is 0 Å². The van der Waals surface area contributed by atoms with Crippen molar-refractivity contribution in [3.63, 3.8) is 0 Å². The van der Waals surface area contributed by atoms with E-state index in [4.69, 9.17) is 22.1 Å². The number of aliphatic imine (C=N–C) groups is 3. The molecule has 0 radical (unpaired) electrons. The zero-order valence-corrected chi connectivity index (χ0v) is 13.0. The highest BCUT2D eigenvalue weighted by atomic mass is 35.5. The Kier molecular flexibility index (Phi) is 3.49. The molecular formula is C13H18ClN5O4. The minimum absolute atomic E-state index is 0.0343. The number of nitrogens with two attached hydrogens (primary N) is 1. The topological polar surface area (TPSA) is 136 Å². The van der Waals surface area contributed by atoms with E-state index in [1.165, 1.54) is 0 Å². The third-order valence-corrected chi connectivity index (χ3v) is 4.91. The fourth-order valence-corrected chi connectivity index (χ4v) is 3.53. The summed E-state index contributed by atoms with van der Waals surface area (Å²) in [6, 6.07) is 0. The largest absolute Gasteiger partial charge is 0.394 e. The number of hydrogen-bond acceptors (Lipinski definition) is 9. The number of fused-ring (bicyclic) bond motifs is 1. The van der Waals surface area contributed by atoms with Crippen molar-refractivity contribution in [3.05, 3.63) is 0 Å². The summed E-state index contributed by atoms with van der Waals surface area (Å²) >= 11 is 6.04. The van der Waals surface area contributed by atoms with Crippen LogP contribution in [0.1, 0.15) is 12.8 Å². The van der Waals surface area contributed by atoms with Crippen LogP contribution >= 0.6 is 11.6 Å². The van der Waals surface area contributed by atoms with Crippen LogP contribution in [0.15, 0.2) is 15.0 Å². The lowest BCUT2D eigenvalue weighted by Gasteiger charge is -2.33. The molecule has 3 aliphatic heterocycles. The van der Waals surface area contributed by atoms with Gasteiger partial charge in [0.2, 0.25) is 5.29 Å². The Labute approximate surface area is 137 Å². The lowest BCUT2D eigenvalue weighted by Crippen LogP contribution is -2.57. The third kappa shape index (κ3) is 2.23. The number of nitrogens with zero attached hydrogens (tertiary/aromatic N) is 4. The van der Waals surface area contributed by atoms with Crippen LogP contribution in [0.25, 0.3) is 0 Å². The minimum atomic E-state index is -1.20. The van der Waals surface area contributed by atoms with E-state index in [2.05, 4.69) is 15.0 Å². The number of ether oxygens (including phenoxy) is 1.